The molecule has 0 N–H and O–H groups in total. The van der Waals surface area contributed by atoms with Crippen LogP contribution in [-0.2, 0) is 14.3 Å². The maximum atomic E-state index is 4.18. The summed E-state index contributed by atoms with van der Waals surface area (Å²) in [6.07, 6.45) is 4.16. The lowest BCUT2D eigenvalue weighted by Crippen LogP contribution is -2.03. The van der Waals surface area contributed by atoms with Crippen molar-refractivity contribution in [1.29, 1.82) is 0 Å². The molecule has 0 bridgehead atoms. The van der Waals surface area contributed by atoms with Crippen molar-refractivity contribution < 1.29 is 14.3 Å². The van der Waals surface area contributed by atoms with Gasteiger partial charge in [0.05, 0.1) is 7.11 Å². The third-order valence-corrected chi connectivity index (χ3v) is 4.13. The smallest absolute Gasteiger partial charge is 0.0744 e. The Bertz CT molecular complexity index is 516. The van der Waals surface area contributed by atoms with E-state index >= 15 is 0 Å². The molecule has 160 valence electrons. The molecular weight excluding hydrogens is 368 g/mol. The number of rotatable bonds is 8. The van der Waals surface area contributed by atoms with Crippen molar-refractivity contribution in [3.63, 3.8) is 0 Å². The maximum absolute atomic E-state index is 4.18. The van der Waals surface area contributed by atoms with E-state index in [0.717, 1.165) is 12.0 Å². The molecule has 0 heterocycles. The zero-order valence-electron chi connectivity index (χ0n) is 19.0. The summed E-state index contributed by atoms with van der Waals surface area (Å²) < 4.78 is 4.18. The van der Waals surface area contributed by atoms with Crippen LogP contribution in [0.15, 0.2) is 60.7 Å². The Kier molecular flexibility index (Phi) is 22.7. The normalized spacial score (nSPS) is 11.4. The maximum Gasteiger partial charge on any atom is 0.0744 e. The van der Waals surface area contributed by atoms with Crippen LogP contribution in [0.2, 0.25) is 0 Å². The van der Waals surface area contributed by atoms with E-state index in [1.165, 1.54) is 31.1 Å². The Morgan fingerprint density at radius 1 is 0.821 bits per heavy atom. The van der Waals surface area contributed by atoms with Gasteiger partial charge in [0.15, 0.2) is 0 Å². The first-order chi connectivity index (χ1) is 13.7. The van der Waals surface area contributed by atoms with Crippen LogP contribution in [0.3, 0.4) is 0 Å². The van der Waals surface area contributed by atoms with Gasteiger partial charge in [0.1, 0.15) is 0 Å². The summed E-state index contributed by atoms with van der Waals surface area (Å²) in [5, 5.41) is 3.95. The van der Waals surface area contributed by atoms with Gasteiger partial charge in [0, 0.05) is 18.3 Å². The second kappa shape index (κ2) is 22.0. The predicted octanol–water partition coefficient (Wildman–Crippen LogP) is 8.20. The lowest BCUT2D eigenvalue weighted by Gasteiger charge is -2.20. The van der Waals surface area contributed by atoms with Crippen LogP contribution in [0.5, 0.6) is 0 Å². The van der Waals surface area contributed by atoms with Crippen LogP contribution in [0, 0.1) is 0 Å². The fraction of sp³-hybridized carbons (Fsp3) is 0.500. The van der Waals surface area contributed by atoms with Crippen molar-refractivity contribution in [1.82, 2.24) is 0 Å². The summed E-state index contributed by atoms with van der Waals surface area (Å²) in [4.78, 5) is 4.04. The monoisotopic (exact) mass is 408 g/mol. The molecule has 2 aromatic carbocycles. The minimum absolute atomic E-state index is 0.622. The molecule has 2 unspecified atom stereocenters. The molecular formula is C24H40O3S. The van der Waals surface area contributed by atoms with Gasteiger partial charge in [0.25, 0.3) is 0 Å². The Hall–Kier alpha value is -1.33. The number of hydrogen-bond acceptors (Lipinski definition) is 4. The van der Waals surface area contributed by atoms with Gasteiger partial charge in [0.2, 0.25) is 0 Å². The second-order valence-electron chi connectivity index (χ2n) is 5.53. The molecule has 28 heavy (non-hydrogen) atoms. The SMILES string of the molecule is CC.CC.CCC(CC(C)c1ccccc1)c1ccccc1.COOOSC. The molecule has 0 spiro atoms. The average molecular weight is 409 g/mol. The first-order valence-electron chi connectivity index (χ1n) is 10.2. The van der Waals surface area contributed by atoms with E-state index < -0.39 is 0 Å². The van der Waals surface area contributed by atoms with Gasteiger partial charge < -0.3 is 0 Å². The summed E-state index contributed by atoms with van der Waals surface area (Å²) in [6.45, 7) is 12.6. The molecule has 0 aliphatic carbocycles. The van der Waals surface area contributed by atoms with E-state index in [4.69, 9.17) is 0 Å². The Balaban J connectivity index is 0. The molecule has 0 aromatic heterocycles. The Morgan fingerprint density at radius 2 is 1.29 bits per heavy atom. The van der Waals surface area contributed by atoms with Crippen LogP contribution in [0.25, 0.3) is 0 Å². The molecule has 2 atom stereocenters. The fourth-order valence-electron chi connectivity index (χ4n) is 2.66. The van der Waals surface area contributed by atoms with Crippen molar-refractivity contribution in [2.75, 3.05) is 13.4 Å². The van der Waals surface area contributed by atoms with Crippen molar-refractivity contribution in [3.05, 3.63) is 71.8 Å². The van der Waals surface area contributed by atoms with E-state index in [-0.39, 0.29) is 0 Å². The van der Waals surface area contributed by atoms with Crippen molar-refractivity contribution in [2.45, 2.75) is 66.2 Å². The molecule has 0 saturated heterocycles. The Morgan fingerprint density at radius 3 is 1.64 bits per heavy atom. The molecule has 2 aromatic rings. The molecule has 2 rings (SSSR count). The topological polar surface area (TPSA) is 27.7 Å². The van der Waals surface area contributed by atoms with Gasteiger partial charge in [-0.3, -0.25) is 0 Å². The molecule has 3 nitrogen and oxygen atoms in total. The molecule has 0 aliphatic heterocycles. The van der Waals surface area contributed by atoms with Gasteiger partial charge in [-0.1, -0.05) is 107 Å². The van der Waals surface area contributed by atoms with E-state index in [0.29, 0.717) is 11.8 Å². The first-order valence-corrected chi connectivity index (χ1v) is 11.4. The highest BCUT2D eigenvalue weighted by Gasteiger charge is 2.14. The zero-order valence-corrected chi connectivity index (χ0v) is 19.8. The summed E-state index contributed by atoms with van der Waals surface area (Å²) in [7, 11) is 1.37. The van der Waals surface area contributed by atoms with Gasteiger partial charge >= 0.3 is 0 Å². The van der Waals surface area contributed by atoms with Crippen LogP contribution < -0.4 is 0 Å². The van der Waals surface area contributed by atoms with Gasteiger partial charge in [-0.2, -0.15) is 0 Å². The van der Waals surface area contributed by atoms with Crippen LogP contribution in [0.4, 0.5) is 0 Å². The quantitative estimate of drug-likeness (QED) is 0.190. The van der Waals surface area contributed by atoms with Gasteiger partial charge in [-0.25, -0.2) is 4.89 Å². The predicted molar refractivity (Wildman–Crippen MR) is 124 cm³/mol. The highest BCUT2D eigenvalue weighted by atomic mass is 32.2. The lowest BCUT2D eigenvalue weighted by atomic mass is 9.85. The van der Waals surface area contributed by atoms with Gasteiger partial charge in [-0.05, 0) is 35.8 Å². The van der Waals surface area contributed by atoms with Crippen molar-refractivity contribution >= 4 is 12.0 Å². The second-order valence-corrected chi connectivity index (χ2v) is 6.00. The molecule has 0 fully saturated rings. The summed E-state index contributed by atoms with van der Waals surface area (Å²) in [5.74, 6) is 1.29. The van der Waals surface area contributed by atoms with E-state index in [1.54, 1.807) is 6.26 Å². The molecule has 0 amide bonds. The van der Waals surface area contributed by atoms with Crippen molar-refractivity contribution in [3.8, 4) is 0 Å². The highest BCUT2D eigenvalue weighted by Crippen LogP contribution is 2.31. The van der Waals surface area contributed by atoms with E-state index in [1.807, 2.05) is 27.7 Å². The third-order valence-electron chi connectivity index (χ3n) is 3.93. The minimum atomic E-state index is 0.622. The number of hydrogen-bond donors (Lipinski definition) is 0. The molecule has 0 saturated carbocycles. The lowest BCUT2D eigenvalue weighted by molar-refractivity contribution is -0.447. The van der Waals surface area contributed by atoms with Crippen LogP contribution in [0.1, 0.15) is 77.3 Å². The van der Waals surface area contributed by atoms with Crippen molar-refractivity contribution in [2.24, 2.45) is 0 Å². The first kappa shape index (κ1) is 28.9. The van der Waals surface area contributed by atoms with E-state index in [2.05, 4.69) is 88.8 Å². The average Bonchev–Trinajstić information content (AvgIpc) is 2.80. The molecule has 4 heteroatoms. The molecule has 0 radical (unpaired) electrons. The zero-order chi connectivity index (χ0) is 21.6. The summed E-state index contributed by atoms with van der Waals surface area (Å²) in [5.41, 5.74) is 2.93. The van der Waals surface area contributed by atoms with Crippen LogP contribution in [-0.4, -0.2) is 13.4 Å². The largest absolute Gasteiger partial charge is 0.209 e. The standard InChI is InChI=1S/C18H22.C2H6O3S.2C2H6/c1-3-16(18-12-8-5-9-13-18)14-15(2)17-10-6-4-7-11-17;1-3-4-5-6-2;2*1-2/h4-13,15-16H,3,14H2,1-2H3;1-2H3;2*1-2H3. The Labute approximate surface area is 177 Å². The summed E-state index contributed by atoms with van der Waals surface area (Å²) in [6, 6.07) is 21.7. The summed E-state index contributed by atoms with van der Waals surface area (Å²) >= 11 is 1.08. The van der Waals surface area contributed by atoms with E-state index in [9.17, 15) is 0 Å². The highest BCUT2D eigenvalue weighted by molar-refractivity contribution is 7.93. The van der Waals surface area contributed by atoms with Crippen LogP contribution >= 0.6 is 12.0 Å². The number of benzene rings is 2. The fourth-order valence-corrected chi connectivity index (χ4v) is 2.77. The minimum Gasteiger partial charge on any atom is -0.209 e. The van der Waals surface area contributed by atoms with Gasteiger partial charge in [-0.15, -0.1) is 4.33 Å². The molecule has 0 aliphatic rings. The third kappa shape index (κ3) is 13.8.